The average molecular weight is 408 g/mol. The molecule has 0 fully saturated rings. The summed E-state index contributed by atoms with van der Waals surface area (Å²) < 4.78 is 19.1. The summed E-state index contributed by atoms with van der Waals surface area (Å²) in [7, 11) is 0. The van der Waals surface area contributed by atoms with Crippen molar-refractivity contribution in [2.45, 2.75) is 6.42 Å². The van der Waals surface area contributed by atoms with Crippen LogP contribution >= 0.6 is 38.9 Å². The zero-order valence-electron chi connectivity index (χ0n) is 10.9. The van der Waals surface area contributed by atoms with E-state index in [1.54, 1.807) is 0 Å². The molecule has 1 heterocycles. The molecular formula is C13H9BrClFN2O3S. The first-order valence-electron chi connectivity index (χ1n) is 5.95. The standard InChI is InChI=1S/C13H9BrClFN2O3S/c14-10-5-17-13(22-10)18-11(19)6-21-12(20)4-7-8(15)2-1-3-9(7)16/h1-3,5H,4,6H2,(H,17,18,19). The number of nitrogens with one attached hydrogen (secondary N) is 1. The van der Waals surface area contributed by atoms with E-state index in [0.29, 0.717) is 5.13 Å². The largest absolute Gasteiger partial charge is 0.455 e. The van der Waals surface area contributed by atoms with Crippen LogP contribution in [0, 0.1) is 5.82 Å². The van der Waals surface area contributed by atoms with Gasteiger partial charge in [-0.2, -0.15) is 0 Å². The number of rotatable bonds is 5. The van der Waals surface area contributed by atoms with Crippen molar-refractivity contribution in [3.8, 4) is 0 Å². The Morgan fingerprint density at radius 1 is 1.45 bits per heavy atom. The predicted molar refractivity (Wildman–Crippen MR) is 84.5 cm³/mol. The Hall–Kier alpha value is -1.51. The molecule has 0 radical (unpaired) electrons. The highest BCUT2D eigenvalue weighted by molar-refractivity contribution is 9.11. The third-order valence-corrected chi connectivity index (χ3v) is 4.22. The molecule has 0 unspecified atom stereocenters. The van der Waals surface area contributed by atoms with E-state index in [0.717, 1.165) is 3.79 Å². The van der Waals surface area contributed by atoms with E-state index in [1.165, 1.54) is 35.7 Å². The Balaban J connectivity index is 1.84. The third kappa shape index (κ3) is 4.75. The lowest BCUT2D eigenvalue weighted by atomic mass is 10.1. The number of halogens is 3. The van der Waals surface area contributed by atoms with Crippen molar-refractivity contribution in [1.82, 2.24) is 4.98 Å². The fourth-order valence-corrected chi connectivity index (χ4v) is 2.86. The van der Waals surface area contributed by atoms with Crippen molar-refractivity contribution in [3.05, 3.63) is 44.6 Å². The van der Waals surface area contributed by atoms with Crippen molar-refractivity contribution in [1.29, 1.82) is 0 Å². The highest BCUT2D eigenvalue weighted by atomic mass is 79.9. The zero-order chi connectivity index (χ0) is 16.1. The average Bonchev–Trinajstić information content (AvgIpc) is 2.86. The van der Waals surface area contributed by atoms with Gasteiger partial charge >= 0.3 is 5.97 Å². The number of carbonyl (C=O) groups is 2. The Morgan fingerprint density at radius 2 is 2.23 bits per heavy atom. The first-order chi connectivity index (χ1) is 10.5. The van der Waals surface area contributed by atoms with Crippen LogP contribution in [0.1, 0.15) is 5.56 Å². The van der Waals surface area contributed by atoms with Crippen LogP contribution in [0.15, 0.2) is 28.2 Å². The lowest BCUT2D eigenvalue weighted by Gasteiger charge is -2.06. The molecule has 0 aliphatic carbocycles. The van der Waals surface area contributed by atoms with Gasteiger partial charge in [0.2, 0.25) is 0 Å². The van der Waals surface area contributed by atoms with Crippen molar-refractivity contribution in [3.63, 3.8) is 0 Å². The van der Waals surface area contributed by atoms with E-state index in [1.807, 2.05) is 0 Å². The molecule has 0 bridgehead atoms. The molecule has 1 aromatic heterocycles. The van der Waals surface area contributed by atoms with Gasteiger partial charge in [0.1, 0.15) is 5.82 Å². The highest BCUT2D eigenvalue weighted by Crippen LogP contribution is 2.23. The Kier molecular flexibility index (Phi) is 5.87. The summed E-state index contributed by atoms with van der Waals surface area (Å²) in [6.45, 7) is -0.484. The number of hydrogen-bond donors (Lipinski definition) is 1. The quantitative estimate of drug-likeness (QED) is 0.771. The van der Waals surface area contributed by atoms with Gasteiger partial charge in [-0.05, 0) is 28.1 Å². The van der Waals surface area contributed by atoms with E-state index >= 15 is 0 Å². The van der Waals surface area contributed by atoms with Gasteiger partial charge in [-0.25, -0.2) is 9.37 Å². The lowest BCUT2D eigenvalue weighted by molar-refractivity contribution is -0.146. The minimum atomic E-state index is -0.748. The van der Waals surface area contributed by atoms with Crippen LogP contribution in [0.3, 0.4) is 0 Å². The topological polar surface area (TPSA) is 68.3 Å². The summed E-state index contributed by atoms with van der Waals surface area (Å²) in [4.78, 5) is 27.1. The second-order valence-corrected chi connectivity index (χ2v) is 6.87. The maximum absolute atomic E-state index is 13.5. The van der Waals surface area contributed by atoms with E-state index in [-0.39, 0.29) is 17.0 Å². The summed E-state index contributed by atoms with van der Waals surface area (Å²) >= 11 is 10.2. The number of hydrogen-bond acceptors (Lipinski definition) is 5. The lowest BCUT2D eigenvalue weighted by Crippen LogP contribution is -2.21. The number of carbonyl (C=O) groups excluding carboxylic acids is 2. The molecule has 5 nitrogen and oxygen atoms in total. The van der Waals surface area contributed by atoms with E-state index in [9.17, 15) is 14.0 Å². The molecule has 1 N–H and O–H groups in total. The molecule has 116 valence electrons. The predicted octanol–water partition coefficient (Wildman–Crippen LogP) is 3.42. The number of nitrogens with zero attached hydrogens (tertiary/aromatic N) is 1. The molecule has 0 spiro atoms. The molecule has 2 aromatic rings. The van der Waals surface area contributed by atoms with Gasteiger partial charge in [0.15, 0.2) is 11.7 Å². The highest BCUT2D eigenvalue weighted by Gasteiger charge is 2.14. The number of ether oxygens (including phenoxy) is 1. The van der Waals surface area contributed by atoms with Crippen molar-refractivity contribution in [2.75, 3.05) is 11.9 Å². The van der Waals surface area contributed by atoms with E-state index < -0.39 is 24.3 Å². The van der Waals surface area contributed by atoms with Crippen LogP contribution in [0.4, 0.5) is 9.52 Å². The third-order valence-electron chi connectivity index (χ3n) is 2.47. The molecule has 0 aliphatic rings. The normalized spacial score (nSPS) is 10.3. The smallest absolute Gasteiger partial charge is 0.310 e. The molecule has 22 heavy (non-hydrogen) atoms. The molecule has 0 saturated carbocycles. The number of aromatic nitrogens is 1. The van der Waals surface area contributed by atoms with Crippen molar-refractivity contribution >= 4 is 55.9 Å². The molecule has 9 heteroatoms. The Morgan fingerprint density at radius 3 is 2.86 bits per heavy atom. The summed E-state index contributed by atoms with van der Waals surface area (Å²) in [6.07, 6.45) is 1.19. The number of esters is 1. The van der Waals surface area contributed by atoms with Gasteiger partial charge < -0.3 is 4.74 Å². The maximum Gasteiger partial charge on any atom is 0.310 e. The minimum absolute atomic E-state index is 0.0402. The molecule has 1 amide bonds. The zero-order valence-corrected chi connectivity index (χ0v) is 14.1. The van der Waals surface area contributed by atoms with Crippen LogP contribution in [0.25, 0.3) is 0 Å². The molecule has 2 rings (SSSR count). The van der Waals surface area contributed by atoms with Crippen LogP contribution in [-0.4, -0.2) is 23.5 Å². The fourth-order valence-electron chi connectivity index (χ4n) is 1.51. The van der Waals surface area contributed by atoms with Crippen LogP contribution in [0.5, 0.6) is 0 Å². The molecule has 0 saturated heterocycles. The summed E-state index contributed by atoms with van der Waals surface area (Å²) in [5.74, 6) is -1.88. The van der Waals surface area contributed by atoms with Gasteiger partial charge in [0.05, 0.1) is 16.4 Å². The van der Waals surface area contributed by atoms with E-state index in [2.05, 4.69) is 26.2 Å². The molecule has 0 atom stereocenters. The second kappa shape index (κ2) is 7.66. The SMILES string of the molecule is O=C(COC(=O)Cc1c(F)cccc1Cl)Nc1ncc(Br)s1. The second-order valence-electron chi connectivity index (χ2n) is 4.06. The van der Waals surface area contributed by atoms with Crippen LogP contribution in [0.2, 0.25) is 5.02 Å². The van der Waals surface area contributed by atoms with Crippen molar-refractivity contribution < 1.29 is 18.7 Å². The fraction of sp³-hybridized carbons (Fsp3) is 0.154. The molecule has 1 aromatic carbocycles. The first kappa shape index (κ1) is 16.9. The van der Waals surface area contributed by atoms with Gasteiger partial charge in [-0.15, -0.1) is 0 Å². The molecular weight excluding hydrogens is 399 g/mol. The number of amides is 1. The summed E-state index contributed by atoms with van der Waals surface area (Å²) in [5.41, 5.74) is 0.0402. The molecule has 0 aliphatic heterocycles. The van der Waals surface area contributed by atoms with E-state index in [4.69, 9.17) is 16.3 Å². The van der Waals surface area contributed by atoms with Gasteiger partial charge in [-0.1, -0.05) is 29.0 Å². The number of anilines is 1. The number of thiazole rings is 1. The summed E-state index contributed by atoms with van der Waals surface area (Å²) in [6, 6.07) is 4.11. The number of benzene rings is 1. The van der Waals surface area contributed by atoms with Crippen LogP contribution in [-0.2, 0) is 20.7 Å². The summed E-state index contributed by atoms with van der Waals surface area (Å²) in [5, 5.41) is 2.98. The Bertz CT molecular complexity index is 690. The minimum Gasteiger partial charge on any atom is -0.455 e. The Labute approximate surface area is 142 Å². The maximum atomic E-state index is 13.5. The first-order valence-corrected chi connectivity index (χ1v) is 7.94. The van der Waals surface area contributed by atoms with Crippen LogP contribution < -0.4 is 5.32 Å². The van der Waals surface area contributed by atoms with Crippen molar-refractivity contribution in [2.24, 2.45) is 0 Å². The monoisotopic (exact) mass is 406 g/mol. The van der Waals surface area contributed by atoms with Gasteiger partial charge in [0.25, 0.3) is 5.91 Å². The van der Waals surface area contributed by atoms with Gasteiger partial charge in [0, 0.05) is 10.6 Å². The van der Waals surface area contributed by atoms with Gasteiger partial charge in [-0.3, -0.25) is 14.9 Å².